The summed E-state index contributed by atoms with van der Waals surface area (Å²) in [5, 5.41) is 5.08. The zero-order valence-corrected chi connectivity index (χ0v) is 12.0. The van der Waals surface area contributed by atoms with Crippen LogP contribution >= 0.6 is 11.6 Å². The summed E-state index contributed by atoms with van der Waals surface area (Å²) in [5.41, 5.74) is 3.27. The van der Waals surface area contributed by atoms with Crippen LogP contribution in [-0.2, 0) is 0 Å². The van der Waals surface area contributed by atoms with E-state index in [-0.39, 0.29) is 0 Å². The molecule has 0 bridgehead atoms. The second-order valence-corrected chi connectivity index (χ2v) is 5.05. The number of hydrogen-bond acceptors (Lipinski definition) is 2. The van der Waals surface area contributed by atoms with Gasteiger partial charge in [0, 0.05) is 17.0 Å². The molecule has 3 heteroatoms. The molecule has 3 rings (SSSR count). The highest BCUT2D eigenvalue weighted by atomic mass is 35.5. The van der Waals surface area contributed by atoms with Gasteiger partial charge in [0.1, 0.15) is 5.82 Å². The number of nitrogens with zero attached hydrogens (tertiary/aromatic N) is 1. The summed E-state index contributed by atoms with van der Waals surface area (Å²) in [4.78, 5) is 4.62. The highest BCUT2D eigenvalue weighted by molar-refractivity contribution is 6.31. The fourth-order valence-corrected chi connectivity index (χ4v) is 2.50. The van der Waals surface area contributed by atoms with E-state index in [4.69, 9.17) is 11.6 Å². The van der Waals surface area contributed by atoms with Gasteiger partial charge in [-0.3, -0.25) is 0 Å². The molecular weight excluding hydrogens is 268 g/mol. The lowest BCUT2D eigenvalue weighted by molar-refractivity contribution is 1.18. The third-order valence-electron chi connectivity index (χ3n) is 3.21. The van der Waals surface area contributed by atoms with Gasteiger partial charge in [-0.1, -0.05) is 41.9 Å². The summed E-state index contributed by atoms with van der Waals surface area (Å²) < 4.78 is 0. The standard InChI is InChI=1S/C17H15ClN2/c1-2-19-17-11-14(12-6-4-3-5-7-12)15-10-13(18)8-9-16(15)20-17/h3-11H,2H2,1H3,(H,19,20). The molecule has 2 nitrogen and oxygen atoms in total. The highest BCUT2D eigenvalue weighted by Gasteiger charge is 2.08. The first kappa shape index (κ1) is 12.9. The minimum Gasteiger partial charge on any atom is -0.370 e. The van der Waals surface area contributed by atoms with E-state index in [1.54, 1.807) is 0 Å². The lowest BCUT2D eigenvalue weighted by Crippen LogP contribution is -2.00. The van der Waals surface area contributed by atoms with Crippen LogP contribution in [0.25, 0.3) is 22.0 Å². The Hall–Kier alpha value is -2.06. The Bertz CT molecular complexity index is 739. The van der Waals surface area contributed by atoms with Crippen LogP contribution in [0.3, 0.4) is 0 Å². The molecule has 0 aliphatic carbocycles. The van der Waals surface area contributed by atoms with E-state index >= 15 is 0 Å². The number of halogens is 1. The number of nitrogens with one attached hydrogen (secondary N) is 1. The molecule has 0 saturated carbocycles. The summed E-state index contributed by atoms with van der Waals surface area (Å²) in [6, 6.07) is 18.2. The lowest BCUT2D eigenvalue weighted by Gasteiger charge is -2.11. The van der Waals surface area contributed by atoms with Crippen molar-refractivity contribution < 1.29 is 0 Å². The van der Waals surface area contributed by atoms with Gasteiger partial charge >= 0.3 is 0 Å². The fourth-order valence-electron chi connectivity index (χ4n) is 2.33. The van der Waals surface area contributed by atoms with E-state index in [1.807, 2.05) is 36.4 Å². The van der Waals surface area contributed by atoms with Crippen LogP contribution in [0.2, 0.25) is 5.02 Å². The Morgan fingerprint density at radius 2 is 1.85 bits per heavy atom. The molecule has 20 heavy (non-hydrogen) atoms. The van der Waals surface area contributed by atoms with Crippen molar-refractivity contribution in [1.29, 1.82) is 0 Å². The average molecular weight is 283 g/mol. The Kier molecular flexibility index (Phi) is 3.57. The van der Waals surface area contributed by atoms with Crippen LogP contribution < -0.4 is 5.32 Å². The molecule has 2 aromatic carbocycles. The van der Waals surface area contributed by atoms with Crippen LogP contribution in [0, 0.1) is 0 Å². The Labute approximate surface area is 123 Å². The zero-order valence-electron chi connectivity index (χ0n) is 11.2. The molecule has 0 aliphatic heterocycles. The number of benzene rings is 2. The molecule has 0 spiro atoms. The van der Waals surface area contributed by atoms with Crippen LogP contribution in [0.5, 0.6) is 0 Å². The molecule has 0 unspecified atom stereocenters. The van der Waals surface area contributed by atoms with Gasteiger partial charge in [-0.05, 0) is 42.3 Å². The first-order valence-electron chi connectivity index (χ1n) is 6.67. The summed E-state index contributed by atoms with van der Waals surface area (Å²) in [7, 11) is 0. The van der Waals surface area contributed by atoms with Crippen LogP contribution in [-0.4, -0.2) is 11.5 Å². The zero-order chi connectivity index (χ0) is 13.9. The van der Waals surface area contributed by atoms with Gasteiger partial charge in [-0.2, -0.15) is 0 Å². The van der Waals surface area contributed by atoms with E-state index < -0.39 is 0 Å². The Balaban J connectivity index is 2.29. The van der Waals surface area contributed by atoms with Crippen molar-refractivity contribution in [2.45, 2.75) is 6.92 Å². The molecule has 0 amide bonds. The van der Waals surface area contributed by atoms with Crippen molar-refractivity contribution >= 4 is 28.3 Å². The normalized spacial score (nSPS) is 10.7. The number of hydrogen-bond donors (Lipinski definition) is 1. The Morgan fingerprint density at radius 1 is 1.05 bits per heavy atom. The molecule has 0 aliphatic rings. The second-order valence-electron chi connectivity index (χ2n) is 4.61. The van der Waals surface area contributed by atoms with Gasteiger partial charge in [-0.25, -0.2) is 4.98 Å². The van der Waals surface area contributed by atoms with Gasteiger partial charge in [0.25, 0.3) is 0 Å². The third kappa shape index (κ3) is 2.47. The van der Waals surface area contributed by atoms with Crippen molar-refractivity contribution in [3.05, 3.63) is 59.6 Å². The first-order valence-corrected chi connectivity index (χ1v) is 7.05. The summed E-state index contributed by atoms with van der Waals surface area (Å²) in [6.45, 7) is 2.91. The molecule has 1 aromatic heterocycles. The molecule has 0 radical (unpaired) electrons. The largest absolute Gasteiger partial charge is 0.370 e. The maximum Gasteiger partial charge on any atom is 0.127 e. The molecule has 0 atom stereocenters. The van der Waals surface area contributed by atoms with Crippen molar-refractivity contribution in [3.8, 4) is 11.1 Å². The summed E-state index contributed by atoms with van der Waals surface area (Å²) >= 11 is 6.14. The van der Waals surface area contributed by atoms with E-state index in [2.05, 4.69) is 35.4 Å². The van der Waals surface area contributed by atoms with Gasteiger partial charge in [0.2, 0.25) is 0 Å². The smallest absolute Gasteiger partial charge is 0.127 e. The highest BCUT2D eigenvalue weighted by Crippen LogP contribution is 2.31. The van der Waals surface area contributed by atoms with Gasteiger partial charge < -0.3 is 5.32 Å². The quantitative estimate of drug-likeness (QED) is 0.732. The van der Waals surface area contributed by atoms with Crippen molar-refractivity contribution in [2.75, 3.05) is 11.9 Å². The van der Waals surface area contributed by atoms with Crippen LogP contribution in [0.4, 0.5) is 5.82 Å². The van der Waals surface area contributed by atoms with Crippen molar-refractivity contribution in [2.24, 2.45) is 0 Å². The van der Waals surface area contributed by atoms with Gasteiger partial charge in [0.15, 0.2) is 0 Å². The number of rotatable bonds is 3. The summed E-state index contributed by atoms with van der Waals surface area (Å²) in [5.74, 6) is 0.890. The van der Waals surface area contributed by atoms with Gasteiger partial charge in [0.05, 0.1) is 5.52 Å². The molecule has 100 valence electrons. The predicted molar refractivity (Wildman–Crippen MR) is 86.4 cm³/mol. The van der Waals surface area contributed by atoms with Crippen molar-refractivity contribution in [1.82, 2.24) is 4.98 Å². The van der Waals surface area contributed by atoms with E-state index in [0.717, 1.165) is 33.9 Å². The van der Waals surface area contributed by atoms with Crippen LogP contribution in [0.1, 0.15) is 6.92 Å². The molecular formula is C17H15ClN2. The fraction of sp³-hybridized carbons (Fsp3) is 0.118. The Morgan fingerprint density at radius 3 is 2.60 bits per heavy atom. The molecule has 0 saturated heterocycles. The number of pyridine rings is 1. The predicted octanol–water partition coefficient (Wildman–Crippen LogP) is 4.99. The topological polar surface area (TPSA) is 24.9 Å². The first-order chi connectivity index (χ1) is 9.78. The molecule has 1 heterocycles. The SMILES string of the molecule is CCNc1cc(-c2ccccc2)c2cc(Cl)ccc2n1. The molecule has 3 aromatic rings. The monoisotopic (exact) mass is 282 g/mol. The second kappa shape index (κ2) is 5.51. The van der Waals surface area contributed by atoms with Crippen molar-refractivity contribution in [3.63, 3.8) is 0 Å². The maximum atomic E-state index is 6.14. The number of fused-ring (bicyclic) bond motifs is 1. The number of anilines is 1. The third-order valence-corrected chi connectivity index (χ3v) is 3.45. The summed E-state index contributed by atoms with van der Waals surface area (Å²) in [6.07, 6.45) is 0. The van der Waals surface area contributed by atoms with E-state index in [9.17, 15) is 0 Å². The van der Waals surface area contributed by atoms with Crippen LogP contribution in [0.15, 0.2) is 54.6 Å². The van der Waals surface area contributed by atoms with E-state index in [0.29, 0.717) is 0 Å². The molecule has 0 fully saturated rings. The number of aromatic nitrogens is 1. The minimum atomic E-state index is 0.729. The lowest BCUT2D eigenvalue weighted by atomic mass is 10.0. The molecule has 1 N–H and O–H groups in total. The maximum absolute atomic E-state index is 6.14. The average Bonchev–Trinajstić information content (AvgIpc) is 2.48. The van der Waals surface area contributed by atoms with E-state index in [1.165, 1.54) is 5.56 Å². The van der Waals surface area contributed by atoms with Gasteiger partial charge in [-0.15, -0.1) is 0 Å². The minimum absolute atomic E-state index is 0.729.